The molecule has 1 fully saturated rings. The van der Waals surface area contributed by atoms with E-state index in [1.165, 1.54) is 0 Å². The molecule has 10 heteroatoms. The molecule has 3 N–H and O–H groups in total. The van der Waals surface area contributed by atoms with Gasteiger partial charge in [-0.2, -0.15) is 0 Å². The number of pyridine rings is 1. The monoisotopic (exact) mass is 530 g/mol. The van der Waals surface area contributed by atoms with Crippen LogP contribution in [0.2, 0.25) is 5.02 Å². The predicted molar refractivity (Wildman–Crippen MR) is 144 cm³/mol. The van der Waals surface area contributed by atoms with Gasteiger partial charge in [-0.15, -0.1) is 0 Å². The Kier molecular flexibility index (Phi) is 8.66. The van der Waals surface area contributed by atoms with Gasteiger partial charge in [0.1, 0.15) is 16.8 Å². The summed E-state index contributed by atoms with van der Waals surface area (Å²) in [6.07, 6.45) is 6.23. The van der Waals surface area contributed by atoms with Crippen LogP contribution in [0.15, 0.2) is 47.9 Å². The maximum Gasteiger partial charge on any atom is 0.256 e. The van der Waals surface area contributed by atoms with Crippen molar-refractivity contribution in [2.45, 2.75) is 44.9 Å². The first kappa shape index (κ1) is 26.2. The van der Waals surface area contributed by atoms with Crippen molar-refractivity contribution in [3.05, 3.63) is 58.5 Å². The number of rotatable bonds is 10. The van der Waals surface area contributed by atoms with Gasteiger partial charge in [0.15, 0.2) is 5.75 Å². The summed E-state index contributed by atoms with van der Waals surface area (Å²) in [5.41, 5.74) is 2.79. The number of anilines is 1. The van der Waals surface area contributed by atoms with Gasteiger partial charge in [-0.25, -0.2) is 0 Å². The number of ether oxygens (including phenoxy) is 3. The van der Waals surface area contributed by atoms with Crippen LogP contribution in [0.4, 0.5) is 5.69 Å². The van der Waals surface area contributed by atoms with Crippen LogP contribution in [0.1, 0.15) is 31.7 Å². The number of fused-ring (bicyclic) bond motifs is 1. The number of halogens is 1. The molecule has 8 nitrogen and oxygen atoms in total. The molecule has 0 radical (unpaired) electrons. The average Bonchev–Trinajstić information content (AvgIpc) is 3.31. The molecule has 0 bridgehead atoms. The van der Waals surface area contributed by atoms with E-state index < -0.39 is 0 Å². The molecule has 3 atom stereocenters. The lowest BCUT2D eigenvalue weighted by Gasteiger charge is -2.33. The number of nitrogens with zero attached hydrogens (tertiary/aromatic N) is 1. The van der Waals surface area contributed by atoms with E-state index in [0.717, 1.165) is 30.5 Å². The lowest BCUT2D eigenvalue weighted by molar-refractivity contribution is -0.118. The fraction of sp³-hybridized carbons (Fsp3) is 0.423. The van der Waals surface area contributed by atoms with Crippen LogP contribution in [0.3, 0.4) is 0 Å². The summed E-state index contributed by atoms with van der Waals surface area (Å²) in [7, 11) is 3.18. The third-order valence-electron chi connectivity index (χ3n) is 6.41. The smallest absolute Gasteiger partial charge is 0.256 e. The fourth-order valence-electron chi connectivity index (χ4n) is 4.81. The summed E-state index contributed by atoms with van der Waals surface area (Å²) in [6.45, 7) is 2.86. The van der Waals surface area contributed by atoms with Crippen LogP contribution in [0, 0.1) is 5.92 Å². The Labute approximate surface area is 221 Å². The van der Waals surface area contributed by atoms with Gasteiger partial charge in [-0.3, -0.25) is 9.78 Å². The molecule has 1 aliphatic carbocycles. The van der Waals surface area contributed by atoms with Crippen LogP contribution in [-0.2, 0) is 16.1 Å². The highest BCUT2D eigenvalue weighted by Crippen LogP contribution is 2.37. The minimum atomic E-state index is -0.195. The standard InChI is InChI=1S/C26H31ClN4O4S/c1-15(14-33-2)35-21-13-28-11-10-16(21)12-29-23-17-6-4-8-19(17)30-25(32)22(23)26(36)31-20-9-5-7-18(27)24(20)34-3/h5,7,9-11,13,15,17,19,29H,4,6,8,12,14H2,1-3H3,(H,30,32)(H,31,36). The highest BCUT2D eigenvalue weighted by Gasteiger charge is 2.40. The number of hydrogen-bond acceptors (Lipinski definition) is 7. The first-order valence-electron chi connectivity index (χ1n) is 11.9. The molecule has 1 amide bonds. The summed E-state index contributed by atoms with van der Waals surface area (Å²) < 4.78 is 16.7. The van der Waals surface area contributed by atoms with E-state index in [-0.39, 0.29) is 24.0 Å². The molecule has 2 heterocycles. The largest absolute Gasteiger partial charge is 0.493 e. The van der Waals surface area contributed by atoms with Gasteiger partial charge >= 0.3 is 0 Å². The summed E-state index contributed by atoms with van der Waals surface area (Å²) in [6, 6.07) is 7.34. The van der Waals surface area contributed by atoms with E-state index in [1.54, 1.807) is 38.7 Å². The predicted octanol–water partition coefficient (Wildman–Crippen LogP) is 4.24. The van der Waals surface area contributed by atoms with Crippen molar-refractivity contribution in [3.63, 3.8) is 0 Å². The maximum atomic E-state index is 13.3. The summed E-state index contributed by atoms with van der Waals surface area (Å²) in [4.78, 5) is 17.8. The molecule has 4 rings (SSSR count). The minimum Gasteiger partial charge on any atom is -0.493 e. The van der Waals surface area contributed by atoms with Crippen molar-refractivity contribution in [3.8, 4) is 11.5 Å². The maximum absolute atomic E-state index is 13.3. The fourth-order valence-corrected chi connectivity index (χ4v) is 5.37. The Morgan fingerprint density at radius 2 is 2.14 bits per heavy atom. The summed E-state index contributed by atoms with van der Waals surface area (Å²) in [5.74, 6) is 1.09. The second-order valence-corrected chi connectivity index (χ2v) is 9.72. The number of carbonyl (C=O) groups is 1. The molecule has 192 valence electrons. The number of methoxy groups -OCH3 is 2. The van der Waals surface area contributed by atoms with Crippen molar-refractivity contribution in [1.82, 2.24) is 15.6 Å². The van der Waals surface area contributed by atoms with Gasteiger partial charge in [0.05, 0.1) is 36.2 Å². The highest BCUT2D eigenvalue weighted by atomic mass is 35.5. The molecule has 3 unspecified atom stereocenters. The van der Waals surface area contributed by atoms with E-state index in [2.05, 4.69) is 20.9 Å². The highest BCUT2D eigenvalue weighted by molar-refractivity contribution is 7.81. The van der Waals surface area contributed by atoms with Gasteiger partial charge in [-0.05, 0) is 38.0 Å². The second kappa shape index (κ2) is 11.9. The number of hydrogen-bond donors (Lipinski definition) is 3. The van der Waals surface area contributed by atoms with Crippen LogP contribution >= 0.6 is 23.8 Å². The molecule has 2 aromatic rings. The Bertz CT molecular complexity index is 1160. The van der Waals surface area contributed by atoms with Crippen LogP contribution in [0.5, 0.6) is 11.5 Å². The molecular weight excluding hydrogens is 500 g/mol. The van der Waals surface area contributed by atoms with Gasteiger partial charge in [0, 0.05) is 43.1 Å². The minimum absolute atomic E-state index is 0.0853. The molecule has 0 saturated heterocycles. The third kappa shape index (κ3) is 5.74. The van der Waals surface area contributed by atoms with Crippen molar-refractivity contribution in [2.75, 3.05) is 26.1 Å². The molecule has 1 aliphatic heterocycles. The van der Waals surface area contributed by atoms with Crippen LogP contribution in [0.25, 0.3) is 0 Å². The van der Waals surface area contributed by atoms with E-state index in [9.17, 15) is 4.79 Å². The topological polar surface area (TPSA) is 93.7 Å². The number of nitrogens with one attached hydrogen (secondary N) is 3. The van der Waals surface area contributed by atoms with E-state index >= 15 is 0 Å². The van der Waals surface area contributed by atoms with Crippen molar-refractivity contribution in [2.24, 2.45) is 5.92 Å². The second-order valence-electron chi connectivity index (χ2n) is 8.90. The van der Waals surface area contributed by atoms with Crippen molar-refractivity contribution < 1.29 is 19.0 Å². The average molecular weight is 531 g/mol. The van der Waals surface area contributed by atoms with Crippen molar-refractivity contribution >= 4 is 40.4 Å². The van der Waals surface area contributed by atoms with Crippen LogP contribution in [-0.4, -0.2) is 48.9 Å². The summed E-state index contributed by atoms with van der Waals surface area (Å²) in [5, 5.41) is 10.3. The van der Waals surface area contributed by atoms with Gasteiger partial charge < -0.3 is 30.2 Å². The van der Waals surface area contributed by atoms with Crippen LogP contribution < -0.4 is 25.4 Å². The molecule has 0 spiro atoms. The molecule has 1 aromatic carbocycles. The van der Waals surface area contributed by atoms with E-state index in [0.29, 0.717) is 45.9 Å². The van der Waals surface area contributed by atoms with Gasteiger partial charge in [0.25, 0.3) is 5.91 Å². The first-order valence-corrected chi connectivity index (χ1v) is 12.7. The zero-order valence-electron chi connectivity index (χ0n) is 20.6. The summed E-state index contributed by atoms with van der Waals surface area (Å²) >= 11 is 12.0. The number of carbonyl (C=O) groups excluding carboxylic acids is 1. The number of thiocarbonyl (C=S) groups is 1. The van der Waals surface area contributed by atoms with Crippen molar-refractivity contribution in [1.29, 1.82) is 0 Å². The molecule has 2 aliphatic rings. The Morgan fingerprint density at radius 3 is 2.92 bits per heavy atom. The molecular formula is C26H31ClN4O4S. The Hall–Kier alpha value is -2.88. The number of para-hydroxylation sites is 1. The first-order chi connectivity index (χ1) is 17.4. The Morgan fingerprint density at radius 1 is 1.31 bits per heavy atom. The quantitative estimate of drug-likeness (QED) is 0.393. The third-order valence-corrected chi connectivity index (χ3v) is 7.02. The van der Waals surface area contributed by atoms with E-state index in [1.807, 2.05) is 19.1 Å². The number of amides is 1. The zero-order valence-corrected chi connectivity index (χ0v) is 22.2. The zero-order chi connectivity index (χ0) is 25.7. The molecule has 1 saturated carbocycles. The lowest BCUT2D eigenvalue weighted by atomic mass is 9.90. The Balaban J connectivity index is 1.63. The number of benzene rings is 1. The lowest BCUT2D eigenvalue weighted by Crippen LogP contribution is -2.48. The number of aromatic nitrogens is 1. The molecule has 36 heavy (non-hydrogen) atoms. The molecule has 1 aromatic heterocycles. The van der Waals surface area contributed by atoms with Gasteiger partial charge in [0.2, 0.25) is 0 Å². The SMILES string of the molecule is COCC(C)Oc1cnccc1CNC1=C(C(=S)Nc2cccc(Cl)c2OC)C(=O)NC2CCCC12. The normalized spacial score (nSPS) is 19.8. The van der Waals surface area contributed by atoms with Gasteiger partial charge in [-0.1, -0.05) is 36.3 Å². The van der Waals surface area contributed by atoms with E-state index in [4.69, 9.17) is 38.0 Å².